The Bertz CT molecular complexity index is 746. The molecule has 0 unspecified atom stereocenters. The van der Waals surface area contributed by atoms with Crippen molar-refractivity contribution in [1.82, 2.24) is 14.9 Å². The summed E-state index contributed by atoms with van der Waals surface area (Å²) in [5.74, 6) is 0.244. The smallest absolute Gasteiger partial charge is 0.317 e. The van der Waals surface area contributed by atoms with Crippen LogP contribution in [0, 0.1) is 19.8 Å². The van der Waals surface area contributed by atoms with Crippen LogP contribution in [0.25, 0.3) is 0 Å². The molecule has 0 spiro atoms. The lowest BCUT2D eigenvalue weighted by atomic mass is 9.97. The Labute approximate surface area is 157 Å². The highest BCUT2D eigenvalue weighted by molar-refractivity contribution is 7.89. The van der Waals surface area contributed by atoms with Crippen LogP contribution in [0.2, 0.25) is 0 Å². The number of carbonyl (C=O) groups is 1. The quantitative estimate of drug-likeness (QED) is 0.842. The van der Waals surface area contributed by atoms with Crippen molar-refractivity contribution in [3.8, 4) is 0 Å². The molecule has 7 heteroatoms. The normalized spacial score (nSPS) is 16.6. The van der Waals surface area contributed by atoms with E-state index in [2.05, 4.69) is 10.0 Å². The van der Waals surface area contributed by atoms with Crippen molar-refractivity contribution in [3.05, 3.63) is 29.3 Å². The number of hydrogen-bond donors (Lipinski definition) is 2. The summed E-state index contributed by atoms with van der Waals surface area (Å²) in [7, 11) is -3.51. The number of likely N-dealkylation sites (tertiary alicyclic amines) is 1. The highest BCUT2D eigenvalue weighted by Crippen LogP contribution is 2.20. The summed E-state index contributed by atoms with van der Waals surface area (Å²) in [6.45, 7) is 11.3. The van der Waals surface area contributed by atoms with E-state index in [1.54, 1.807) is 17.9 Å². The van der Waals surface area contributed by atoms with Crippen LogP contribution in [0.15, 0.2) is 23.1 Å². The summed E-state index contributed by atoms with van der Waals surface area (Å²) < 4.78 is 27.9. The van der Waals surface area contributed by atoms with Crippen LogP contribution >= 0.6 is 0 Å². The molecular formula is C19H31N3O3S. The zero-order chi connectivity index (χ0) is 19.5. The van der Waals surface area contributed by atoms with Gasteiger partial charge in [-0.05, 0) is 70.6 Å². The minimum atomic E-state index is -3.51. The first-order chi connectivity index (χ1) is 12.0. The molecule has 0 aromatic heterocycles. The predicted octanol–water partition coefficient (Wildman–Crippen LogP) is 2.80. The van der Waals surface area contributed by atoms with Gasteiger partial charge in [-0.2, -0.15) is 0 Å². The first-order valence-corrected chi connectivity index (χ1v) is 10.6. The van der Waals surface area contributed by atoms with Crippen molar-refractivity contribution in [2.75, 3.05) is 19.6 Å². The summed E-state index contributed by atoms with van der Waals surface area (Å²) in [5.41, 5.74) is 1.42. The third-order valence-corrected chi connectivity index (χ3v) is 6.14. The molecule has 0 saturated carbocycles. The molecule has 1 heterocycles. The molecule has 26 heavy (non-hydrogen) atoms. The fourth-order valence-corrected chi connectivity index (χ4v) is 4.49. The molecule has 0 bridgehead atoms. The number of hydrogen-bond acceptors (Lipinski definition) is 3. The number of nitrogens with zero attached hydrogens (tertiary/aromatic N) is 1. The topological polar surface area (TPSA) is 78.5 Å². The molecule has 1 aliphatic heterocycles. The van der Waals surface area contributed by atoms with E-state index in [0.717, 1.165) is 24.0 Å². The van der Waals surface area contributed by atoms with Gasteiger partial charge in [0.2, 0.25) is 10.0 Å². The summed E-state index contributed by atoms with van der Waals surface area (Å²) in [6.07, 6.45) is 1.60. The summed E-state index contributed by atoms with van der Waals surface area (Å²) in [6, 6.07) is 5.40. The van der Waals surface area contributed by atoms with Gasteiger partial charge in [0.05, 0.1) is 4.90 Å². The molecule has 2 amide bonds. The van der Waals surface area contributed by atoms with Crippen molar-refractivity contribution >= 4 is 16.1 Å². The van der Waals surface area contributed by atoms with Crippen LogP contribution in [0.5, 0.6) is 0 Å². The molecule has 6 nitrogen and oxygen atoms in total. The van der Waals surface area contributed by atoms with E-state index in [0.29, 0.717) is 24.5 Å². The zero-order valence-electron chi connectivity index (χ0n) is 16.4. The number of sulfonamides is 1. The Balaban J connectivity index is 1.88. The number of urea groups is 1. The van der Waals surface area contributed by atoms with Crippen LogP contribution < -0.4 is 10.0 Å². The second kappa shape index (κ2) is 7.96. The molecule has 0 aliphatic carbocycles. The number of aryl methyl sites for hydroxylation is 2. The van der Waals surface area contributed by atoms with Gasteiger partial charge in [0.25, 0.3) is 0 Å². The van der Waals surface area contributed by atoms with Gasteiger partial charge in [-0.1, -0.05) is 12.1 Å². The highest BCUT2D eigenvalue weighted by atomic mass is 32.2. The van der Waals surface area contributed by atoms with Crippen LogP contribution in [0.4, 0.5) is 4.79 Å². The van der Waals surface area contributed by atoms with Crippen LogP contribution in [-0.2, 0) is 10.0 Å². The van der Waals surface area contributed by atoms with Crippen molar-refractivity contribution in [2.24, 2.45) is 5.92 Å². The third kappa shape index (κ3) is 5.71. The van der Waals surface area contributed by atoms with Gasteiger partial charge in [0.15, 0.2) is 0 Å². The lowest BCUT2D eigenvalue weighted by molar-refractivity contribution is 0.163. The van der Waals surface area contributed by atoms with E-state index in [-0.39, 0.29) is 17.5 Å². The van der Waals surface area contributed by atoms with Crippen molar-refractivity contribution in [1.29, 1.82) is 0 Å². The molecular weight excluding hydrogens is 350 g/mol. The lowest BCUT2D eigenvalue weighted by Crippen LogP contribution is -2.51. The van der Waals surface area contributed by atoms with Crippen molar-refractivity contribution < 1.29 is 13.2 Å². The van der Waals surface area contributed by atoms with Crippen LogP contribution in [-0.4, -0.2) is 44.5 Å². The van der Waals surface area contributed by atoms with Crippen LogP contribution in [0.3, 0.4) is 0 Å². The maximum Gasteiger partial charge on any atom is 0.317 e. The Morgan fingerprint density at radius 1 is 1.19 bits per heavy atom. The van der Waals surface area contributed by atoms with E-state index in [9.17, 15) is 13.2 Å². The number of benzene rings is 1. The second-order valence-corrected chi connectivity index (χ2v) is 9.97. The molecule has 1 fully saturated rings. The number of piperidine rings is 1. The van der Waals surface area contributed by atoms with E-state index in [1.807, 2.05) is 39.8 Å². The fraction of sp³-hybridized carbons (Fsp3) is 0.632. The molecule has 1 aliphatic rings. The van der Waals surface area contributed by atoms with E-state index in [4.69, 9.17) is 0 Å². The Morgan fingerprint density at radius 3 is 2.38 bits per heavy atom. The van der Waals surface area contributed by atoms with E-state index < -0.39 is 10.0 Å². The summed E-state index contributed by atoms with van der Waals surface area (Å²) in [5, 5.41) is 2.97. The minimum absolute atomic E-state index is 0.0492. The average Bonchev–Trinajstić information content (AvgIpc) is 2.54. The Kier molecular flexibility index (Phi) is 6.34. The van der Waals surface area contributed by atoms with Crippen LogP contribution in [0.1, 0.15) is 44.7 Å². The zero-order valence-corrected chi connectivity index (χ0v) is 17.2. The van der Waals surface area contributed by atoms with Gasteiger partial charge in [-0.3, -0.25) is 0 Å². The monoisotopic (exact) mass is 381 g/mol. The molecule has 146 valence electrons. The molecule has 1 aromatic rings. The molecule has 2 N–H and O–H groups in total. The highest BCUT2D eigenvalue weighted by Gasteiger charge is 2.26. The Morgan fingerprint density at radius 2 is 1.81 bits per heavy atom. The van der Waals surface area contributed by atoms with E-state index >= 15 is 0 Å². The molecule has 2 rings (SSSR count). The van der Waals surface area contributed by atoms with Gasteiger partial charge in [-0.15, -0.1) is 0 Å². The summed E-state index contributed by atoms with van der Waals surface area (Å²) >= 11 is 0. The van der Waals surface area contributed by atoms with E-state index in [1.165, 1.54) is 0 Å². The van der Waals surface area contributed by atoms with Gasteiger partial charge in [-0.25, -0.2) is 17.9 Å². The Hall–Kier alpha value is -1.60. The van der Waals surface area contributed by atoms with Gasteiger partial charge >= 0.3 is 6.03 Å². The number of amides is 2. The molecule has 0 atom stereocenters. The van der Waals surface area contributed by atoms with Crippen molar-refractivity contribution in [2.45, 2.75) is 57.9 Å². The standard InChI is InChI=1S/C19H31N3O3S/c1-14-6-7-15(2)17(12-14)26(24,25)20-13-16-8-10-22(11-9-16)18(23)21-19(3,4)5/h6-7,12,16,20H,8-11,13H2,1-5H3,(H,21,23). The largest absolute Gasteiger partial charge is 0.333 e. The number of carbonyl (C=O) groups excluding carboxylic acids is 1. The average molecular weight is 382 g/mol. The first-order valence-electron chi connectivity index (χ1n) is 9.12. The summed E-state index contributed by atoms with van der Waals surface area (Å²) in [4.78, 5) is 14.3. The third-order valence-electron chi connectivity index (χ3n) is 4.58. The molecule has 1 aromatic carbocycles. The SMILES string of the molecule is Cc1ccc(C)c(S(=O)(=O)NCC2CCN(C(=O)NC(C)(C)C)CC2)c1. The number of nitrogens with one attached hydrogen (secondary N) is 2. The molecule has 0 radical (unpaired) electrons. The van der Waals surface area contributed by atoms with Gasteiger partial charge in [0.1, 0.15) is 0 Å². The minimum Gasteiger partial charge on any atom is -0.333 e. The van der Waals surface area contributed by atoms with Gasteiger partial charge < -0.3 is 10.2 Å². The van der Waals surface area contributed by atoms with Gasteiger partial charge in [0, 0.05) is 25.2 Å². The lowest BCUT2D eigenvalue weighted by Gasteiger charge is -2.34. The fourth-order valence-electron chi connectivity index (χ4n) is 3.04. The predicted molar refractivity (Wildman–Crippen MR) is 104 cm³/mol. The second-order valence-electron chi connectivity index (χ2n) is 8.23. The first kappa shape index (κ1) is 20.7. The maximum absolute atomic E-state index is 12.6. The van der Waals surface area contributed by atoms with Crippen molar-refractivity contribution in [3.63, 3.8) is 0 Å². The molecule has 1 saturated heterocycles. The maximum atomic E-state index is 12.6. The number of rotatable bonds is 4.